The number of nitrogens with zero attached hydrogens (tertiary/aromatic N) is 4. The summed E-state index contributed by atoms with van der Waals surface area (Å²) in [6.07, 6.45) is 7.42. The Bertz CT molecular complexity index is 931. The maximum absolute atomic E-state index is 13.3. The van der Waals surface area contributed by atoms with Gasteiger partial charge in [-0.2, -0.15) is 0 Å². The number of hydrogen-bond acceptors (Lipinski definition) is 5. The standard InChI is InChI=1S/C22H32N4O3/c1-15(2)13-26-14-23-20-19(22(26)28)18(16(3)29-20)21(27)25-11-7-17(8-12-25)24-9-5-4-6-10-24/h14-15,17H,4-13H2,1-3H3. The van der Waals surface area contributed by atoms with Crippen molar-refractivity contribution in [1.29, 1.82) is 0 Å². The van der Waals surface area contributed by atoms with Crippen LogP contribution in [0.5, 0.6) is 0 Å². The summed E-state index contributed by atoms with van der Waals surface area (Å²) in [5.74, 6) is 0.697. The summed E-state index contributed by atoms with van der Waals surface area (Å²) >= 11 is 0. The summed E-state index contributed by atoms with van der Waals surface area (Å²) in [5, 5.41) is 0.328. The molecule has 0 bridgehead atoms. The van der Waals surface area contributed by atoms with Crippen molar-refractivity contribution in [1.82, 2.24) is 19.4 Å². The topological polar surface area (TPSA) is 71.6 Å². The van der Waals surface area contributed by atoms with Crippen molar-refractivity contribution in [3.63, 3.8) is 0 Å². The summed E-state index contributed by atoms with van der Waals surface area (Å²) in [6.45, 7) is 10.3. The van der Waals surface area contributed by atoms with Crippen LogP contribution in [-0.4, -0.2) is 57.5 Å². The van der Waals surface area contributed by atoms with Gasteiger partial charge < -0.3 is 14.2 Å². The van der Waals surface area contributed by atoms with Gasteiger partial charge in [-0.1, -0.05) is 20.3 Å². The van der Waals surface area contributed by atoms with Crippen molar-refractivity contribution in [2.45, 2.75) is 65.5 Å². The van der Waals surface area contributed by atoms with Crippen molar-refractivity contribution in [3.05, 3.63) is 28.0 Å². The lowest BCUT2D eigenvalue weighted by Gasteiger charge is -2.40. The fourth-order valence-electron chi connectivity index (χ4n) is 4.79. The second kappa shape index (κ2) is 8.30. The molecule has 2 aliphatic heterocycles. The zero-order valence-electron chi connectivity index (χ0n) is 17.8. The molecule has 7 heteroatoms. The first-order chi connectivity index (χ1) is 14.0. The van der Waals surface area contributed by atoms with Gasteiger partial charge >= 0.3 is 0 Å². The van der Waals surface area contributed by atoms with Crippen molar-refractivity contribution in [3.8, 4) is 0 Å². The third-order valence-corrected chi connectivity index (χ3v) is 6.29. The van der Waals surface area contributed by atoms with Gasteiger partial charge in [0.15, 0.2) is 0 Å². The van der Waals surface area contributed by atoms with E-state index in [0.29, 0.717) is 35.2 Å². The molecule has 0 radical (unpaired) electrons. The van der Waals surface area contributed by atoms with Crippen LogP contribution in [-0.2, 0) is 6.54 Å². The van der Waals surface area contributed by atoms with E-state index in [9.17, 15) is 9.59 Å². The summed E-state index contributed by atoms with van der Waals surface area (Å²) in [7, 11) is 0. The van der Waals surface area contributed by atoms with Gasteiger partial charge in [0.2, 0.25) is 5.71 Å². The Labute approximate surface area is 171 Å². The number of likely N-dealkylation sites (tertiary alicyclic amines) is 2. The van der Waals surface area contributed by atoms with Gasteiger partial charge in [-0.15, -0.1) is 0 Å². The van der Waals surface area contributed by atoms with Crippen LogP contribution in [0, 0.1) is 12.8 Å². The molecule has 29 heavy (non-hydrogen) atoms. The number of rotatable bonds is 4. The van der Waals surface area contributed by atoms with Gasteiger partial charge in [-0.3, -0.25) is 14.2 Å². The lowest BCUT2D eigenvalue weighted by Crippen LogP contribution is -2.48. The smallest absolute Gasteiger partial charge is 0.265 e. The normalized spacial score (nSPS) is 19.4. The predicted molar refractivity (Wildman–Crippen MR) is 112 cm³/mol. The Morgan fingerprint density at radius 3 is 2.52 bits per heavy atom. The summed E-state index contributed by atoms with van der Waals surface area (Å²) in [5.41, 5.74) is 0.471. The van der Waals surface area contributed by atoms with E-state index in [1.54, 1.807) is 11.5 Å². The highest BCUT2D eigenvalue weighted by Crippen LogP contribution is 2.26. The fraction of sp³-hybridized carbons (Fsp3) is 0.682. The molecule has 0 N–H and O–H groups in total. The maximum atomic E-state index is 13.3. The molecule has 0 unspecified atom stereocenters. The molecule has 0 aliphatic carbocycles. The number of piperidine rings is 2. The molecule has 0 aromatic carbocycles. The summed E-state index contributed by atoms with van der Waals surface area (Å²) in [4.78, 5) is 35.1. The second-order valence-corrected chi connectivity index (χ2v) is 8.93. The number of aromatic nitrogens is 2. The van der Waals surface area contributed by atoms with Crippen LogP contribution in [0.25, 0.3) is 11.1 Å². The molecule has 2 saturated heterocycles. The van der Waals surface area contributed by atoms with Gasteiger partial charge in [0.05, 0.1) is 5.56 Å². The first-order valence-electron chi connectivity index (χ1n) is 11.0. The van der Waals surface area contributed by atoms with E-state index < -0.39 is 0 Å². The van der Waals surface area contributed by atoms with Crippen LogP contribution in [0.1, 0.15) is 62.1 Å². The number of furan rings is 1. The molecule has 7 nitrogen and oxygen atoms in total. The minimum Gasteiger partial charge on any atom is -0.442 e. The van der Waals surface area contributed by atoms with E-state index in [4.69, 9.17) is 4.42 Å². The van der Waals surface area contributed by atoms with E-state index in [1.165, 1.54) is 38.7 Å². The predicted octanol–water partition coefficient (Wildman–Crippen LogP) is 3.04. The van der Waals surface area contributed by atoms with Gasteiger partial charge in [-0.05, 0) is 51.6 Å². The highest BCUT2D eigenvalue weighted by Gasteiger charge is 2.31. The average molecular weight is 401 g/mol. The van der Waals surface area contributed by atoms with Crippen LogP contribution in [0.4, 0.5) is 0 Å². The number of carbonyl (C=O) groups is 1. The molecule has 0 atom stereocenters. The van der Waals surface area contributed by atoms with Gasteiger partial charge in [0.1, 0.15) is 17.5 Å². The molecule has 0 saturated carbocycles. The number of aryl methyl sites for hydroxylation is 1. The first kappa shape index (κ1) is 20.1. The van der Waals surface area contributed by atoms with E-state index in [-0.39, 0.29) is 17.2 Å². The molecule has 4 rings (SSSR count). The van der Waals surface area contributed by atoms with E-state index in [1.807, 2.05) is 4.90 Å². The van der Waals surface area contributed by atoms with E-state index >= 15 is 0 Å². The Morgan fingerprint density at radius 2 is 1.86 bits per heavy atom. The molecule has 2 fully saturated rings. The molecular weight excluding hydrogens is 368 g/mol. The van der Waals surface area contributed by atoms with Crippen LogP contribution in [0.2, 0.25) is 0 Å². The lowest BCUT2D eigenvalue weighted by molar-refractivity contribution is 0.0590. The number of hydrogen-bond donors (Lipinski definition) is 0. The molecular formula is C22H32N4O3. The molecule has 2 aliphatic rings. The van der Waals surface area contributed by atoms with Crippen LogP contribution in [0.15, 0.2) is 15.5 Å². The highest BCUT2D eigenvalue weighted by molar-refractivity contribution is 6.06. The van der Waals surface area contributed by atoms with Crippen molar-refractivity contribution >= 4 is 17.0 Å². The number of amides is 1. The Morgan fingerprint density at radius 1 is 1.17 bits per heavy atom. The van der Waals surface area contributed by atoms with E-state index in [0.717, 1.165) is 25.9 Å². The van der Waals surface area contributed by atoms with Crippen molar-refractivity contribution in [2.24, 2.45) is 5.92 Å². The maximum Gasteiger partial charge on any atom is 0.265 e. The Balaban J connectivity index is 1.55. The monoisotopic (exact) mass is 400 g/mol. The summed E-state index contributed by atoms with van der Waals surface area (Å²) < 4.78 is 7.27. The number of fused-ring (bicyclic) bond motifs is 1. The minimum absolute atomic E-state index is 0.0976. The fourth-order valence-corrected chi connectivity index (χ4v) is 4.79. The third-order valence-electron chi connectivity index (χ3n) is 6.29. The molecule has 2 aromatic rings. The second-order valence-electron chi connectivity index (χ2n) is 8.93. The highest BCUT2D eigenvalue weighted by atomic mass is 16.3. The van der Waals surface area contributed by atoms with Crippen molar-refractivity contribution < 1.29 is 9.21 Å². The van der Waals surface area contributed by atoms with Crippen LogP contribution < -0.4 is 5.56 Å². The Kier molecular flexibility index (Phi) is 5.76. The molecule has 2 aromatic heterocycles. The zero-order valence-corrected chi connectivity index (χ0v) is 17.8. The van der Waals surface area contributed by atoms with E-state index in [2.05, 4.69) is 23.7 Å². The SMILES string of the molecule is Cc1oc2ncn(CC(C)C)c(=O)c2c1C(=O)N1CCC(N2CCCCC2)CC1. The van der Waals surface area contributed by atoms with Crippen LogP contribution >= 0.6 is 0 Å². The molecule has 1 amide bonds. The van der Waals surface area contributed by atoms with Gasteiger partial charge in [-0.25, -0.2) is 4.98 Å². The quantitative estimate of drug-likeness (QED) is 0.789. The Hall–Kier alpha value is -2.15. The number of carbonyl (C=O) groups excluding carboxylic acids is 1. The largest absolute Gasteiger partial charge is 0.442 e. The summed E-state index contributed by atoms with van der Waals surface area (Å²) in [6, 6.07) is 0.575. The molecule has 4 heterocycles. The molecule has 0 spiro atoms. The zero-order chi connectivity index (χ0) is 20.5. The lowest BCUT2D eigenvalue weighted by atomic mass is 9.99. The van der Waals surface area contributed by atoms with Gasteiger partial charge in [0, 0.05) is 25.7 Å². The van der Waals surface area contributed by atoms with Crippen molar-refractivity contribution in [2.75, 3.05) is 26.2 Å². The van der Waals surface area contributed by atoms with Gasteiger partial charge in [0.25, 0.3) is 11.5 Å². The third kappa shape index (κ3) is 3.97. The first-order valence-corrected chi connectivity index (χ1v) is 11.0. The average Bonchev–Trinajstić information content (AvgIpc) is 3.07. The van der Waals surface area contributed by atoms with Crippen LogP contribution in [0.3, 0.4) is 0 Å². The minimum atomic E-state index is -0.188. The molecule has 158 valence electrons.